The predicted molar refractivity (Wildman–Crippen MR) is 222 cm³/mol. The molecule has 56 heavy (non-hydrogen) atoms. The molecule has 0 radical (unpaired) electrons. The topological polar surface area (TPSA) is 73.4 Å². The summed E-state index contributed by atoms with van der Waals surface area (Å²) in [5, 5.41) is 2.40. The van der Waals surface area contributed by atoms with E-state index in [1.54, 1.807) is 0 Å². The molecule has 1 unspecified atom stereocenters. The number of allylic oxidation sites excluding steroid dienone is 4. The number of nitrogens with zero attached hydrogens (tertiary/aromatic N) is 4. The quantitative estimate of drug-likeness (QED) is 0.0886. The lowest BCUT2D eigenvalue weighted by atomic mass is 9.92. The van der Waals surface area contributed by atoms with E-state index in [1.807, 2.05) is 0 Å². The molecule has 7 nitrogen and oxygen atoms in total. The van der Waals surface area contributed by atoms with Gasteiger partial charge in [0.1, 0.15) is 0 Å². The van der Waals surface area contributed by atoms with Crippen LogP contribution in [0.1, 0.15) is 76.9 Å². The van der Waals surface area contributed by atoms with Crippen LogP contribution < -0.4 is 10.7 Å². The first-order valence-electron chi connectivity index (χ1n) is 19.8. The third-order valence-electron chi connectivity index (χ3n) is 12.5. The standard InChI is InChI=1S/C48H41N4O3P/c1-30-9-15-33(16-10-30)45-39-23-21-37-36(8-6-4-5-7-29-56(53,54)55)38-22-24-40-46(34-17-11-31(2)12-18-34)42-26-28-44-47(35-19-13-32(3)14-20-35)43-27-25-41(45)51(43)48(49(37)39,50(38)40)52(42)44/h9-28H,4-8,29H2,1-3H3/p+2. The van der Waals surface area contributed by atoms with Gasteiger partial charge in [-0.2, -0.15) is 9.13 Å². The van der Waals surface area contributed by atoms with Gasteiger partial charge in [-0.25, -0.2) is 0 Å². The first-order chi connectivity index (χ1) is 27.1. The van der Waals surface area contributed by atoms with E-state index in [-0.39, 0.29) is 6.16 Å². The zero-order chi connectivity index (χ0) is 38.1. The average molecular weight is 755 g/mol. The van der Waals surface area contributed by atoms with Crippen molar-refractivity contribution in [2.24, 2.45) is 0 Å². The fraction of sp³-hybridized carbons (Fsp3) is 0.208. The lowest BCUT2D eigenvalue weighted by Gasteiger charge is -2.41. The molecular formula is C48H43N4O3P+2. The van der Waals surface area contributed by atoms with E-state index >= 15 is 0 Å². The minimum Gasteiger partial charge on any atom is -0.324 e. The van der Waals surface area contributed by atoms with E-state index in [4.69, 9.17) is 0 Å². The Bertz CT molecular complexity index is 2940. The Morgan fingerprint density at radius 2 is 1.02 bits per heavy atom. The highest BCUT2D eigenvalue weighted by Crippen LogP contribution is 2.53. The average Bonchev–Trinajstić information content (AvgIpc) is 4.00. The van der Waals surface area contributed by atoms with Crippen molar-refractivity contribution >= 4 is 41.3 Å². The van der Waals surface area contributed by atoms with E-state index in [0.717, 1.165) is 25.7 Å². The summed E-state index contributed by atoms with van der Waals surface area (Å²) in [6.45, 7) is 6.44. The molecule has 0 amide bonds. The molecular weight excluding hydrogens is 712 g/mol. The van der Waals surface area contributed by atoms with E-state index in [1.165, 1.54) is 101 Å². The Labute approximate surface area is 326 Å². The number of hydrogen-bond donors (Lipinski definition) is 2. The van der Waals surface area contributed by atoms with Crippen LogP contribution in [0.5, 0.6) is 0 Å². The molecule has 6 aliphatic heterocycles. The molecule has 3 aromatic carbocycles. The monoisotopic (exact) mass is 754 g/mol. The zero-order valence-electron chi connectivity index (χ0n) is 31.8. The number of benzene rings is 3. The Morgan fingerprint density at radius 3 is 1.57 bits per heavy atom. The second kappa shape index (κ2) is 12.0. The SMILES string of the molecule is Cc1ccc(C2=C3C=CC4=[N+]3C35n6c2ccc6C(c2ccc(C)cc2)=C2C=CC(=[N+]23)C(c2ccc(C)cc2)=c2ccc(n25)=C4CCCCCCP(=O)(O)O)cc1. The van der Waals surface area contributed by atoms with Gasteiger partial charge in [-0.15, -0.1) is 0 Å². The number of rotatable bonds is 10. The summed E-state index contributed by atoms with van der Waals surface area (Å²) in [5.41, 5.74) is 19.4. The smallest absolute Gasteiger partial charge is 0.324 e. The molecule has 11 rings (SSSR count). The van der Waals surface area contributed by atoms with E-state index in [9.17, 15) is 14.4 Å². The summed E-state index contributed by atoms with van der Waals surface area (Å²) in [7, 11) is -3.99. The molecule has 0 saturated heterocycles. The van der Waals surface area contributed by atoms with Crippen molar-refractivity contribution in [3.63, 3.8) is 0 Å². The van der Waals surface area contributed by atoms with Crippen LogP contribution in [0, 0.1) is 20.8 Å². The number of aromatic nitrogens is 2. The summed E-state index contributed by atoms with van der Waals surface area (Å²) in [6.07, 6.45) is 13.3. The molecule has 8 heteroatoms. The van der Waals surface area contributed by atoms with Crippen molar-refractivity contribution in [1.29, 1.82) is 0 Å². The second-order valence-corrected chi connectivity index (χ2v) is 17.9. The zero-order valence-corrected chi connectivity index (χ0v) is 32.7. The van der Waals surface area contributed by atoms with Gasteiger partial charge >= 0.3 is 13.5 Å². The molecule has 276 valence electrons. The van der Waals surface area contributed by atoms with Crippen molar-refractivity contribution in [3.8, 4) is 0 Å². The van der Waals surface area contributed by atoms with Gasteiger partial charge < -0.3 is 9.79 Å². The lowest BCUT2D eigenvalue weighted by Crippen LogP contribution is -2.71. The Balaban J connectivity index is 1.24. The molecule has 0 fully saturated rings. The maximum absolute atomic E-state index is 11.6. The van der Waals surface area contributed by atoms with Crippen LogP contribution >= 0.6 is 7.60 Å². The molecule has 1 spiro atoms. The maximum Gasteiger partial charge on any atom is 0.553 e. The van der Waals surface area contributed by atoms with Crippen LogP contribution in [0.3, 0.4) is 0 Å². The number of unbranched alkanes of at least 4 members (excludes halogenated alkanes) is 3. The van der Waals surface area contributed by atoms with Crippen LogP contribution in [0.25, 0.3) is 22.3 Å². The van der Waals surface area contributed by atoms with Gasteiger partial charge in [0, 0.05) is 36.0 Å². The highest BCUT2D eigenvalue weighted by molar-refractivity contribution is 7.51. The molecule has 1 atom stereocenters. The minimum atomic E-state index is -3.99. The molecule has 0 saturated carbocycles. The largest absolute Gasteiger partial charge is 0.553 e. The van der Waals surface area contributed by atoms with Gasteiger partial charge in [-0.1, -0.05) is 111 Å². The van der Waals surface area contributed by atoms with Crippen molar-refractivity contribution in [2.75, 3.05) is 6.16 Å². The minimum absolute atomic E-state index is 0.0512. The van der Waals surface area contributed by atoms with E-state index in [0.29, 0.717) is 6.42 Å². The second-order valence-electron chi connectivity index (χ2n) is 16.1. The van der Waals surface area contributed by atoms with Crippen molar-refractivity contribution in [3.05, 3.63) is 188 Å². The molecule has 8 heterocycles. The van der Waals surface area contributed by atoms with Crippen LogP contribution in [0.15, 0.2) is 133 Å². The van der Waals surface area contributed by atoms with Crippen LogP contribution in [0.2, 0.25) is 0 Å². The normalized spacial score (nSPS) is 19.6. The molecule has 6 aliphatic rings. The summed E-state index contributed by atoms with van der Waals surface area (Å²) >= 11 is 0. The summed E-state index contributed by atoms with van der Waals surface area (Å²) in [5.74, 6) is -0.797. The first kappa shape index (κ1) is 33.7. The lowest BCUT2D eigenvalue weighted by molar-refractivity contribution is -0.834. The van der Waals surface area contributed by atoms with Crippen molar-refractivity contribution in [1.82, 2.24) is 9.13 Å². The molecule has 5 aromatic rings. The van der Waals surface area contributed by atoms with Crippen LogP contribution in [-0.4, -0.2) is 45.7 Å². The highest BCUT2D eigenvalue weighted by atomic mass is 31.2. The number of aryl methyl sites for hydroxylation is 3. The highest BCUT2D eigenvalue weighted by Gasteiger charge is 2.72. The van der Waals surface area contributed by atoms with Crippen molar-refractivity contribution in [2.45, 2.75) is 58.8 Å². The first-order valence-corrected chi connectivity index (χ1v) is 21.6. The number of hydrogen-bond acceptors (Lipinski definition) is 1. The fourth-order valence-electron chi connectivity index (χ4n) is 10.1. The van der Waals surface area contributed by atoms with Crippen LogP contribution in [0.4, 0.5) is 0 Å². The van der Waals surface area contributed by atoms with Gasteiger partial charge in [0.25, 0.3) is 0 Å². The Kier molecular flexibility index (Phi) is 7.20. The summed E-state index contributed by atoms with van der Waals surface area (Å²) in [6, 6.07) is 36.3. The summed E-state index contributed by atoms with van der Waals surface area (Å²) in [4.78, 5) is 18.9. The maximum atomic E-state index is 11.6. The van der Waals surface area contributed by atoms with Crippen LogP contribution in [-0.2, 0) is 10.5 Å². The van der Waals surface area contributed by atoms with Gasteiger partial charge in [-0.3, -0.25) is 4.57 Å². The van der Waals surface area contributed by atoms with Gasteiger partial charge in [-0.05, 0) is 81.0 Å². The Hall–Kier alpha value is -5.59. The summed E-state index contributed by atoms with van der Waals surface area (Å²) < 4.78 is 22.1. The van der Waals surface area contributed by atoms with E-state index < -0.39 is 13.5 Å². The predicted octanol–water partition coefficient (Wildman–Crippen LogP) is 7.43. The van der Waals surface area contributed by atoms with Gasteiger partial charge in [0.05, 0.1) is 38.8 Å². The van der Waals surface area contributed by atoms with Gasteiger partial charge in [0.15, 0.2) is 0 Å². The molecule has 2 aromatic heterocycles. The molecule has 2 N–H and O–H groups in total. The van der Waals surface area contributed by atoms with E-state index in [2.05, 4.69) is 160 Å². The van der Waals surface area contributed by atoms with Gasteiger partial charge in [0.2, 0.25) is 22.8 Å². The third-order valence-corrected chi connectivity index (χ3v) is 13.4. The molecule has 0 bridgehead atoms. The Morgan fingerprint density at radius 1 is 0.536 bits per heavy atom. The fourth-order valence-corrected chi connectivity index (χ4v) is 10.7. The van der Waals surface area contributed by atoms with Crippen molar-refractivity contribution < 1.29 is 23.5 Å². The third kappa shape index (κ3) is 4.56. The molecule has 0 aliphatic carbocycles.